The molecule has 0 aliphatic rings. The Bertz CT molecular complexity index is 501. The van der Waals surface area contributed by atoms with Crippen LogP contribution in [0.4, 0.5) is 0 Å². The fourth-order valence-corrected chi connectivity index (χ4v) is 3.25. The lowest BCUT2D eigenvalue weighted by Crippen LogP contribution is -2.02. The first kappa shape index (κ1) is 28.2. The van der Waals surface area contributed by atoms with Crippen molar-refractivity contribution in [1.82, 2.24) is 0 Å². The van der Waals surface area contributed by atoms with Crippen molar-refractivity contribution in [3.63, 3.8) is 0 Å². The highest BCUT2D eigenvalue weighted by Crippen LogP contribution is 2.33. The van der Waals surface area contributed by atoms with E-state index in [1.807, 2.05) is 61.2 Å². The summed E-state index contributed by atoms with van der Waals surface area (Å²) in [5, 5.41) is 0. The average Bonchev–Trinajstić information content (AvgIpc) is 2.75. The molecule has 0 aliphatic carbocycles. The second-order valence-corrected chi connectivity index (χ2v) is 11.3. The van der Waals surface area contributed by atoms with E-state index < -0.39 is 5.69 Å². The molecule has 2 N–H and O–H groups in total. The average molecular weight is 457 g/mol. The minimum atomic E-state index is -3.08. The largest absolute Gasteiger partial charge is 0.819 e. The lowest BCUT2D eigenvalue weighted by atomic mass is 10.1. The van der Waals surface area contributed by atoms with Crippen LogP contribution in [0.15, 0.2) is 61.2 Å². The van der Waals surface area contributed by atoms with Crippen molar-refractivity contribution in [3.8, 4) is 0 Å². The van der Waals surface area contributed by atoms with E-state index in [1.54, 1.807) is 0 Å². The molecule has 7 heteroatoms. The zero-order valence-corrected chi connectivity index (χ0v) is 20.2. The van der Waals surface area contributed by atoms with Gasteiger partial charge in [0.05, 0.1) is 0 Å². The van der Waals surface area contributed by atoms with Gasteiger partial charge >= 0.3 is 0 Å². The van der Waals surface area contributed by atoms with Gasteiger partial charge in [-0.3, -0.25) is 0 Å². The van der Waals surface area contributed by atoms with Gasteiger partial charge in [0.1, 0.15) is 0 Å². The number of aromatic amines is 2. The van der Waals surface area contributed by atoms with Gasteiger partial charge < -0.3 is 21.7 Å². The van der Waals surface area contributed by atoms with Gasteiger partial charge in [-0.05, 0) is 6.42 Å². The molecule has 1 atom stereocenters. The van der Waals surface area contributed by atoms with E-state index in [-0.39, 0.29) is 0 Å². The first-order chi connectivity index (χ1) is 14.1. The molecule has 2 aromatic rings. The molecule has 0 spiro atoms. The number of pyridine rings is 2. The Balaban J connectivity index is 0.000000519. The molecule has 0 bridgehead atoms. The zero-order chi connectivity index (χ0) is 21.5. The van der Waals surface area contributed by atoms with Crippen molar-refractivity contribution in [1.29, 1.82) is 0 Å². The molecular formula is C22H37N2O2PS2. The highest BCUT2D eigenvalue weighted by Gasteiger charge is 1.93. The molecule has 2 rings (SSSR count). The van der Waals surface area contributed by atoms with Crippen LogP contribution in [0, 0.1) is 0 Å². The van der Waals surface area contributed by atoms with Gasteiger partial charge in [0.15, 0.2) is 24.8 Å². The van der Waals surface area contributed by atoms with Crippen LogP contribution in [0.3, 0.4) is 0 Å². The smallest absolute Gasteiger partial charge is 0.166 e. The first-order valence-corrected chi connectivity index (χ1v) is 14.2. The van der Waals surface area contributed by atoms with E-state index in [0.29, 0.717) is 6.61 Å². The third kappa shape index (κ3) is 27.2. The summed E-state index contributed by atoms with van der Waals surface area (Å²) in [5.41, 5.74) is -3.08. The van der Waals surface area contributed by atoms with E-state index in [0.717, 1.165) is 12.8 Å². The maximum absolute atomic E-state index is 10.9. The second-order valence-electron chi connectivity index (χ2n) is 6.62. The number of aromatic nitrogens is 2. The van der Waals surface area contributed by atoms with E-state index in [4.69, 9.17) is 4.52 Å². The van der Waals surface area contributed by atoms with Gasteiger partial charge in [0.25, 0.3) is 0 Å². The molecule has 0 saturated carbocycles. The summed E-state index contributed by atoms with van der Waals surface area (Å²) in [6, 6.07) is 11.7. The lowest BCUT2D eigenvalue weighted by molar-refractivity contribution is -0.378. The number of rotatable bonds is 12. The van der Waals surface area contributed by atoms with E-state index in [1.165, 1.54) is 51.4 Å². The molecule has 29 heavy (non-hydrogen) atoms. The number of hydrogen-bond donors (Lipinski definition) is 0. The van der Waals surface area contributed by atoms with E-state index >= 15 is 0 Å². The van der Waals surface area contributed by atoms with Crippen molar-refractivity contribution in [2.75, 3.05) is 6.61 Å². The predicted molar refractivity (Wildman–Crippen MR) is 125 cm³/mol. The van der Waals surface area contributed by atoms with Crippen LogP contribution in [0.2, 0.25) is 0 Å². The Kier molecular flexibility index (Phi) is 21.3. The summed E-state index contributed by atoms with van der Waals surface area (Å²) >= 11 is 9.01. The fraction of sp³-hybridized carbons (Fsp3) is 0.545. The molecule has 0 fully saturated rings. The minimum Gasteiger partial charge on any atom is -0.819 e. The maximum atomic E-state index is 10.9. The van der Waals surface area contributed by atoms with Crippen LogP contribution in [-0.4, -0.2) is 6.61 Å². The summed E-state index contributed by atoms with van der Waals surface area (Å²) in [6.07, 6.45) is 20.2. The molecule has 1 unspecified atom stereocenters. The van der Waals surface area contributed by atoms with Crippen LogP contribution in [0.5, 0.6) is 0 Å². The van der Waals surface area contributed by atoms with Crippen LogP contribution in [-0.2, 0) is 28.6 Å². The number of hydrogen-bond acceptors (Lipinski definition) is 4. The van der Waals surface area contributed by atoms with Crippen molar-refractivity contribution in [2.45, 2.75) is 71.1 Å². The molecule has 0 saturated heterocycles. The summed E-state index contributed by atoms with van der Waals surface area (Å²) in [6.45, 7) is 2.70. The van der Waals surface area contributed by atoms with Crippen LogP contribution < -0.4 is 14.9 Å². The number of unbranched alkanes of at least 4 members (excludes halogenated alkanes) is 9. The molecule has 0 amide bonds. The molecule has 2 aromatic heterocycles. The standard InChI is InChI=1S/C12H27O2PS2.2C5H5N/c1-2-3-4-5-6-7-8-9-10-11-12-14-15(13,16)17;2*1-2-4-6-5-3-1/h2-12H2,1H3,(H2,13,16,17);2*1-5H. The fourth-order valence-electron chi connectivity index (χ4n) is 2.45. The van der Waals surface area contributed by atoms with Crippen molar-refractivity contribution in [3.05, 3.63) is 61.2 Å². The highest BCUT2D eigenvalue weighted by molar-refractivity contribution is 8.50. The van der Waals surface area contributed by atoms with Crippen LogP contribution >= 0.6 is 5.69 Å². The molecule has 0 radical (unpaired) electrons. The van der Waals surface area contributed by atoms with Gasteiger partial charge in [0, 0.05) is 30.9 Å². The quantitative estimate of drug-likeness (QED) is 0.255. The molecule has 164 valence electrons. The van der Waals surface area contributed by atoms with Gasteiger partial charge in [-0.15, -0.1) is 17.5 Å². The van der Waals surface area contributed by atoms with E-state index in [2.05, 4.69) is 40.9 Å². The summed E-state index contributed by atoms with van der Waals surface area (Å²) < 4.78 is 4.89. The topological polar surface area (TPSA) is 60.6 Å². The van der Waals surface area contributed by atoms with E-state index in [9.17, 15) is 4.89 Å². The third-order valence-corrected chi connectivity index (χ3v) is 5.09. The maximum Gasteiger partial charge on any atom is 0.166 e. The number of H-pyrrole nitrogens is 2. The van der Waals surface area contributed by atoms with Gasteiger partial charge in [-0.25, -0.2) is 9.97 Å². The summed E-state index contributed by atoms with van der Waals surface area (Å²) in [5.74, 6) is 0. The molecule has 0 aliphatic heterocycles. The van der Waals surface area contributed by atoms with Crippen LogP contribution in [0.25, 0.3) is 0 Å². The van der Waals surface area contributed by atoms with Gasteiger partial charge in [0.2, 0.25) is 0 Å². The van der Waals surface area contributed by atoms with Gasteiger partial charge in [-0.1, -0.05) is 76.8 Å². The monoisotopic (exact) mass is 456 g/mol. The van der Waals surface area contributed by atoms with Crippen molar-refractivity contribution >= 4 is 29.7 Å². The zero-order valence-electron chi connectivity index (χ0n) is 17.6. The third-order valence-electron chi connectivity index (χ3n) is 3.96. The SMILES string of the molecule is CCCCCCCCCCCCOP([O-])(=S)[S-].c1cc[nH+]cc1.c1cc[nH+]cc1. The summed E-state index contributed by atoms with van der Waals surface area (Å²) in [4.78, 5) is 16.7. The molecular weight excluding hydrogens is 419 g/mol. The Morgan fingerprint density at radius 1 is 0.724 bits per heavy atom. The van der Waals surface area contributed by atoms with Crippen molar-refractivity contribution in [2.24, 2.45) is 0 Å². The molecule has 0 aromatic carbocycles. The Hall–Kier alpha value is -0.780. The summed E-state index contributed by atoms with van der Waals surface area (Å²) in [7, 11) is 0. The Labute approximate surface area is 187 Å². The molecule has 2 heterocycles. The normalized spacial score (nSPS) is 12.0. The number of nitrogens with one attached hydrogen (secondary N) is 2. The Morgan fingerprint density at radius 3 is 1.38 bits per heavy atom. The minimum absolute atomic E-state index is 0.459. The van der Waals surface area contributed by atoms with Crippen molar-refractivity contribution < 1.29 is 19.4 Å². The second kappa shape index (κ2) is 21.9. The first-order valence-electron chi connectivity index (χ1n) is 10.5. The predicted octanol–water partition coefficient (Wildman–Crippen LogP) is 5.06. The Morgan fingerprint density at radius 2 is 1.10 bits per heavy atom. The lowest BCUT2D eigenvalue weighted by Gasteiger charge is -2.35. The van der Waals surface area contributed by atoms with Gasteiger partial charge in [-0.2, -0.15) is 0 Å². The highest BCUT2D eigenvalue weighted by atomic mass is 32.9. The van der Waals surface area contributed by atoms with Crippen LogP contribution in [0.1, 0.15) is 71.1 Å². The molecule has 4 nitrogen and oxygen atoms in total.